The third kappa shape index (κ3) is 1.91. The topological polar surface area (TPSA) is 43.8 Å². The average Bonchev–Trinajstić information content (AvgIpc) is 2.64. The van der Waals surface area contributed by atoms with Crippen molar-refractivity contribution in [3.05, 3.63) is 41.8 Å². The molecule has 1 aromatic heterocycles. The number of halogens is 1. The first-order chi connectivity index (χ1) is 7.58. The van der Waals surface area contributed by atoms with Crippen LogP contribution in [0.4, 0.5) is 10.2 Å². The molecule has 0 amide bonds. The zero-order valence-corrected chi connectivity index (χ0v) is 9.31. The minimum atomic E-state index is -0.207. The van der Waals surface area contributed by atoms with Crippen LogP contribution in [-0.4, -0.2) is 9.78 Å². The number of anilines is 1. The first-order valence-electron chi connectivity index (χ1n) is 5.19. The van der Waals surface area contributed by atoms with Crippen LogP contribution in [0.3, 0.4) is 0 Å². The molecule has 0 saturated heterocycles. The van der Waals surface area contributed by atoms with E-state index in [0.717, 1.165) is 0 Å². The lowest BCUT2D eigenvalue weighted by Gasteiger charge is -2.08. The Morgan fingerprint density at radius 2 is 2.06 bits per heavy atom. The molecule has 0 fully saturated rings. The fraction of sp³-hybridized carbons (Fsp3) is 0.250. The molecule has 0 spiro atoms. The summed E-state index contributed by atoms with van der Waals surface area (Å²) in [6, 6.07) is 6.77. The van der Waals surface area contributed by atoms with Gasteiger partial charge in [-0.3, -0.25) is 0 Å². The van der Waals surface area contributed by atoms with Crippen molar-refractivity contribution in [3.8, 4) is 5.69 Å². The second-order valence-corrected chi connectivity index (χ2v) is 4.05. The fourth-order valence-electron chi connectivity index (χ4n) is 1.61. The van der Waals surface area contributed by atoms with E-state index in [0.29, 0.717) is 17.1 Å². The van der Waals surface area contributed by atoms with E-state index in [1.165, 1.54) is 6.07 Å². The number of nitrogen functional groups attached to an aromatic ring is 1. The molecule has 0 radical (unpaired) electrons. The van der Waals surface area contributed by atoms with E-state index in [9.17, 15) is 4.39 Å². The molecule has 0 aliphatic carbocycles. The van der Waals surface area contributed by atoms with E-state index in [4.69, 9.17) is 5.73 Å². The van der Waals surface area contributed by atoms with E-state index in [-0.39, 0.29) is 11.7 Å². The monoisotopic (exact) mass is 219 g/mol. The minimum absolute atomic E-state index is 0.178. The molecule has 0 saturated carbocycles. The predicted molar refractivity (Wildman–Crippen MR) is 62.0 cm³/mol. The number of hydrogen-bond acceptors (Lipinski definition) is 2. The first-order valence-corrected chi connectivity index (χ1v) is 5.19. The highest BCUT2D eigenvalue weighted by Crippen LogP contribution is 2.21. The number of aromatic nitrogens is 2. The van der Waals surface area contributed by atoms with Gasteiger partial charge in [0.15, 0.2) is 0 Å². The van der Waals surface area contributed by atoms with Crippen LogP contribution in [0.2, 0.25) is 0 Å². The summed E-state index contributed by atoms with van der Waals surface area (Å²) in [5.41, 5.74) is 6.90. The standard InChI is InChI=1S/C12H14FN3/c1-8(2)10-4-3-9(7-11(10)13)16-6-5-12(14)15-16/h3-8H,1-2H3,(H2,14,15). The van der Waals surface area contributed by atoms with Gasteiger partial charge < -0.3 is 5.73 Å². The molecule has 4 heteroatoms. The Kier molecular flexibility index (Phi) is 2.64. The van der Waals surface area contributed by atoms with Crippen LogP contribution < -0.4 is 5.73 Å². The zero-order valence-electron chi connectivity index (χ0n) is 9.31. The Bertz CT molecular complexity index is 503. The molecule has 84 valence electrons. The van der Waals surface area contributed by atoms with Crippen LogP contribution in [0.25, 0.3) is 5.69 Å². The van der Waals surface area contributed by atoms with Gasteiger partial charge in [0.25, 0.3) is 0 Å². The van der Waals surface area contributed by atoms with Crippen molar-refractivity contribution in [1.82, 2.24) is 9.78 Å². The van der Waals surface area contributed by atoms with Gasteiger partial charge >= 0.3 is 0 Å². The third-order valence-corrected chi connectivity index (χ3v) is 2.48. The van der Waals surface area contributed by atoms with Crippen molar-refractivity contribution in [2.75, 3.05) is 5.73 Å². The van der Waals surface area contributed by atoms with Gasteiger partial charge in [-0.15, -0.1) is 0 Å². The Morgan fingerprint density at radius 3 is 2.56 bits per heavy atom. The Balaban J connectivity index is 2.42. The largest absolute Gasteiger partial charge is 0.382 e. The number of nitrogens with zero attached hydrogens (tertiary/aromatic N) is 2. The lowest BCUT2D eigenvalue weighted by atomic mass is 10.0. The first kappa shape index (κ1) is 10.7. The maximum absolute atomic E-state index is 13.7. The Labute approximate surface area is 93.7 Å². The molecule has 1 heterocycles. The van der Waals surface area contributed by atoms with Gasteiger partial charge in [-0.1, -0.05) is 19.9 Å². The zero-order chi connectivity index (χ0) is 11.7. The van der Waals surface area contributed by atoms with Gasteiger partial charge in [0.1, 0.15) is 11.6 Å². The van der Waals surface area contributed by atoms with Gasteiger partial charge in [-0.2, -0.15) is 5.10 Å². The van der Waals surface area contributed by atoms with E-state index < -0.39 is 0 Å². The normalized spacial score (nSPS) is 11.0. The average molecular weight is 219 g/mol. The van der Waals surface area contributed by atoms with Crippen molar-refractivity contribution in [2.45, 2.75) is 19.8 Å². The molecule has 2 N–H and O–H groups in total. The van der Waals surface area contributed by atoms with E-state index in [1.54, 1.807) is 23.0 Å². The van der Waals surface area contributed by atoms with Crippen LogP contribution in [0.5, 0.6) is 0 Å². The summed E-state index contributed by atoms with van der Waals surface area (Å²) < 4.78 is 15.3. The summed E-state index contributed by atoms with van der Waals surface area (Å²) in [4.78, 5) is 0. The second-order valence-electron chi connectivity index (χ2n) is 4.05. The number of nitrogens with two attached hydrogens (primary N) is 1. The van der Waals surface area contributed by atoms with Gasteiger partial charge in [0, 0.05) is 12.3 Å². The molecule has 3 nitrogen and oxygen atoms in total. The predicted octanol–water partition coefficient (Wildman–Crippen LogP) is 2.72. The van der Waals surface area contributed by atoms with Crippen molar-refractivity contribution < 1.29 is 4.39 Å². The van der Waals surface area contributed by atoms with Crippen molar-refractivity contribution in [2.24, 2.45) is 0 Å². The summed E-state index contributed by atoms with van der Waals surface area (Å²) >= 11 is 0. The molecule has 16 heavy (non-hydrogen) atoms. The molecule has 0 unspecified atom stereocenters. The highest BCUT2D eigenvalue weighted by atomic mass is 19.1. The van der Waals surface area contributed by atoms with Crippen molar-refractivity contribution in [3.63, 3.8) is 0 Å². The smallest absolute Gasteiger partial charge is 0.145 e. The molecule has 0 bridgehead atoms. The SMILES string of the molecule is CC(C)c1ccc(-n2ccc(N)n2)cc1F. The Morgan fingerprint density at radius 1 is 1.31 bits per heavy atom. The lowest BCUT2D eigenvalue weighted by molar-refractivity contribution is 0.596. The second kappa shape index (κ2) is 3.96. The van der Waals surface area contributed by atoms with Crippen LogP contribution in [0.1, 0.15) is 25.3 Å². The lowest BCUT2D eigenvalue weighted by Crippen LogP contribution is -1.99. The minimum Gasteiger partial charge on any atom is -0.382 e. The van der Waals surface area contributed by atoms with Gasteiger partial charge in [0.05, 0.1) is 5.69 Å². The van der Waals surface area contributed by atoms with Crippen LogP contribution in [0.15, 0.2) is 30.5 Å². The number of hydrogen-bond donors (Lipinski definition) is 1. The van der Waals surface area contributed by atoms with Crippen LogP contribution >= 0.6 is 0 Å². The van der Waals surface area contributed by atoms with Crippen molar-refractivity contribution in [1.29, 1.82) is 0 Å². The third-order valence-electron chi connectivity index (χ3n) is 2.48. The quantitative estimate of drug-likeness (QED) is 0.844. The Hall–Kier alpha value is -1.84. The van der Waals surface area contributed by atoms with Crippen molar-refractivity contribution >= 4 is 5.82 Å². The highest BCUT2D eigenvalue weighted by Gasteiger charge is 2.08. The molecule has 1 aromatic carbocycles. The summed E-state index contributed by atoms with van der Waals surface area (Å²) in [6.07, 6.45) is 1.71. The van der Waals surface area contributed by atoms with E-state index in [2.05, 4.69) is 5.10 Å². The number of benzene rings is 1. The molecule has 0 aliphatic heterocycles. The highest BCUT2D eigenvalue weighted by molar-refractivity contribution is 5.38. The van der Waals surface area contributed by atoms with Gasteiger partial charge in [0.2, 0.25) is 0 Å². The summed E-state index contributed by atoms with van der Waals surface area (Å²) in [6.45, 7) is 3.92. The van der Waals surface area contributed by atoms with E-state index in [1.807, 2.05) is 19.9 Å². The molecule has 2 aromatic rings. The summed E-state index contributed by atoms with van der Waals surface area (Å²) in [5.74, 6) is 0.395. The van der Waals surface area contributed by atoms with E-state index >= 15 is 0 Å². The summed E-state index contributed by atoms with van der Waals surface area (Å²) in [5, 5.41) is 4.02. The molecular formula is C12H14FN3. The van der Waals surface area contributed by atoms with Gasteiger partial charge in [-0.25, -0.2) is 9.07 Å². The maximum Gasteiger partial charge on any atom is 0.145 e. The van der Waals surface area contributed by atoms with Crippen LogP contribution in [0, 0.1) is 5.82 Å². The fourth-order valence-corrected chi connectivity index (χ4v) is 1.61. The van der Waals surface area contributed by atoms with Crippen LogP contribution in [-0.2, 0) is 0 Å². The molecule has 0 aliphatic rings. The van der Waals surface area contributed by atoms with Gasteiger partial charge in [-0.05, 0) is 23.6 Å². The molecular weight excluding hydrogens is 205 g/mol. The molecule has 2 rings (SSSR count). The molecule has 0 atom stereocenters. The number of rotatable bonds is 2. The summed E-state index contributed by atoms with van der Waals surface area (Å²) in [7, 11) is 0. The maximum atomic E-state index is 13.7.